The number of nitrogens with one attached hydrogen (secondary N) is 1. The maximum Gasteiger partial charge on any atom is 0.419 e. The Morgan fingerprint density at radius 1 is 0.833 bits per heavy atom. The van der Waals surface area contributed by atoms with Crippen molar-refractivity contribution in [3.63, 3.8) is 0 Å². The van der Waals surface area contributed by atoms with Crippen molar-refractivity contribution in [2.24, 2.45) is 0 Å². The zero-order chi connectivity index (χ0) is 34.1. The lowest BCUT2D eigenvalue weighted by Crippen LogP contribution is -2.40. The molecule has 0 saturated heterocycles. The largest absolute Gasteiger partial charge is 0.465 e. The number of amides is 2. The lowest BCUT2D eigenvalue weighted by molar-refractivity contribution is -0.145. The molecule has 48 heavy (non-hydrogen) atoms. The summed E-state index contributed by atoms with van der Waals surface area (Å²) in [5, 5.41) is 2.61. The van der Waals surface area contributed by atoms with Crippen LogP contribution in [0.2, 0.25) is 0 Å². The third-order valence-corrected chi connectivity index (χ3v) is 8.48. The maximum atomic E-state index is 13.1. The summed E-state index contributed by atoms with van der Waals surface area (Å²) >= 11 is 0. The number of carbonyl (C=O) groups is 3. The van der Waals surface area contributed by atoms with Crippen LogP contribution in [0.3, 0.4) is 0 Å². The van der Waals surface area contributed by atoms with Crippen molar-refractivity contribution in [3.05, 3.63) is 119 Å². The molecule has 8 heteroatoms. The summed E-state index contributed by atoms with van der Waals surface area (Å²) in [4.78, 5) is 40.4. The van der Waals surface area contributed by atoms with Crippen LogP contribution in [-0.2, 0) is 32.6 Å². The molecular formula is C40H44N2O6. The Labute approximate surface area is 283 Å². The van der Waals surface area contributed by atoms with E-state index in [0.717, 1.165) is 40.8 Å². The summed E-state index contributed by atoms with van der Waals surface area (Å²) in [7, 11) is 0. The molecule has 0 saturated carbocycles. The Morgan fingerprint density at radius 3 is 2.21 bits per heavy atom. The number of alkyl carbamates (subject to hydrolysis) is 1. The molecule has 0 fully saturated rings. The zero-order valence-electron chi connectivity index (χ0n) is 28.2. The highest BCUT2D eigenvalue weighted by molar-refractivity contribution is 5.85. The second-order valence-corrected chi connectivity index (χ2v) is 13.1. The number of esters is 1. The number of rotatable bonds is 10. The minimum atomic E-state index is -0.922. The SMILES string of the molecule is CCCCOC(=O)C(CNC(=O)OC(=O)N1CCc2ccc(Oc3ccc(C(C)(C)C)cc3)cc2C1)c1ccc(-c2ccccc2)cc1. The Morgan fingerprint density at radius 2 is 1.52 bits per heavy atom. The molecular weight excluding hydrogens is 604 g/mol. The van der Waals surface area contributed by atoms with E-state index in [1.54, 1.807) is 0 Å². The molecule has 0 aliphatic carbocycles. The number of hydrogen-bond acceptors (Lipinski definition) is 6. The maximum absolute atomic E-state index is 13.1. The molecule has 1 unspecified atom stereocenters. The molecule has 4 aromatic rings. The van der Waals surface area contributed by atoms with Crippen LogP contribution < -0.4 is 10.1 Å². The number of carbonyl (C=O) groups excluding carboxylic acids is 3. The highest BCUT2D eigenvalue weighted by atomic mass is 16.6. The number of unbranched alkanes of at least 4 members (excludes halogenated alkanes) is 1. The van der Waals surface area contributed by atoms with Gasteiger partial charge in [-0.15, -0.1) is 0 Å². The molecule has 2 amide bonds. The molecule has 250 valence electrons. The Bertz CT molecular complexity index is 1690. The highest BCUT2D eigenvalue weighted by Gasteiger charge is 2.27. The Hall–Kier alpha value is -5.11. The van der Waals surface area contributed by atoms with Crippen molar-refractivity contribution >= 4 is 18.2 Å². The van der Waals surface area contributed by atoms with E-state index < -0.39 is 24.1 Å². The van der Waals surface area contributed by atoms with Crippen molar-refractivity contribution < 1.29 is 28.6 Å². The molecule has 0 radical (unpaired) electrons. The van der Waals surface area contributed by atoms with Crippen LogP contribution in [0.15, 0.2) is 97.1 Å². The summed E-state index contributed by atoms with van der Waals surface area (Å²) in [6.07, 6.45) is 0.575. The van der Waals surface area contributed by atoms with E-state index in [4.69, 9.17) is 14.2 Å². The first kappa shape index (κ1) is 34.2. The predicted molar refractivity (Wildman–Crippen MR) is 186 cm³/mol. The van der Waals surface area contributed by atoms with Crippen molar-refractivity contribution in [1.29, 1.82) is 0 Å². The van der Waals surface area contributed by atoms with E-state index in [0.29, 0.717) is 30.9 Å². The first-order valence-corrected chi connectivity index (χ1v) is 16.6. The highest BCUT2D eigenvalue weighted by Crippen LogP contribution is 2.30. The molecule has 1 atom stereocenters. The minimum Gasteiger partial charge on any atom is -0.465 e. The van der Waals surface area contributed by atoms with Crippen molar-refractivity contribution in [3.8, 4) is 22.6 Å². The van der Waals surface area contributed by atoms with Crippen LogP contribution in [0.25, 0.3) is 11.1 Å². The fourth-order valence-corrected chi connectivity index (χ4v) is 5.57. The van der Waals surface area contributed by atoms with Gasteiger partial charge in [-0.1, -0.05) is 107 Å². The lowest BCUT2D eigenvalue weighted by atomic mass is 9.87. The molecule has 1 aliphatic rings. The van der Waals surface area contributed by atoms with Gasteiger partial charge in [0.15, 0.2) is 0 Å². The molecule has 5 rings (SSSR count). The average Bonchev–Trinajstić information content (AvgIpc) is 3.08. The molecule has 1 aliphatic heterocycles. The number of hydrogen-bond donors (Lipinski definition) is 1. The van der Waals surface area contributed by atoms with Gasteiger partial charge in [0.05, 0.1) is 12.5 Å². The van der Waals surface area contributed by atoms with Gasteiger partial charge in [0.25, 0.3) is 0 Å². The topological polar surface area (TPSA) is 94.2 Å². The lowest BCUT2D eigenvalue weighted by Gasteiger charge is -2.28. The van der Waals surface area contributed by atoms with Gasteiger partial charge in [0.1, 0.15) is 11.5 Å². The molecule has 0 aromatic heterocycles. The second-order valence-electron chi connectivity index (χ2n) is 13.1. The van der Waals surface area contributed by atoms with Crippen LogP contribution >= 0.6 is 0 Å². The van der Waals surface area contributed by atoms with Gasteiger partial charge in [0, 0.05) is 19.6 Å². The third kappa shape index (κ3) is 9.03. The van der Waals surface area contributed by atoms with Gasteiger partial charge < -0.3 is 24.4 Å². The van der Waals surface area contributed by atoms with Gasteiger partial charge in [-0.05, 0) is 75.9 Å². The number of benzene rings is 4. The van der Waals surface area contributed by atoms with E-state index in [9.17, 15) is 14.4 Å². The standard InChI is InChI=1S/C40H44N2O6/c1-5-6-24-46-37(43)36(31-14-12-29(13-15-31)28-10-8-7-9-11-28)26-41-38(44)48-39(45)42-23-22-30-16-19-35(25-32(30)27-42)47-34-20-17-33(18-21-34)40(2,3)4/h7-21,25,36H,5-6,22-24,26-27H2,1-4H3,(H,41,44). The van der Waals surface area contributed by atoms with Crippen LogP contribution in [-0.4, -0.2) is 42.8 Å². The van der Waals surface area contributed by atoms with Gasteiger partial charge in [-0.2, -0.15) is 0 Å². The van der Waals surface area contributed by atoms with Crippen LogP contribution in [0.5, 0.6) is 11.5 Å². The summed E-state index contributed by atoms with van der Waals surface area (Å²) in [5.41, 5.74) is 6.07. The zero-order valence-corrected chi connectivity index (χ0v) is 28.2. The average molecular weight is 649 g/mol. The first-order chi connectivity index (χ1) is 23.1. The number of nitrogens with zero attached hydrogens (tertiary/aromatic N) is 1. The number of ether oxygens (including phenoxy) is 3. The Balaban J connectivity index is 1.18. The summed E-state index contributed by atoms with van der Waals surface area (Å²) in [5.74, 6) is 0.183. The van der Waals surface area contributed by atoms with Crippen LogP contribution in [0.4, 0.5) is 9.59 Å². The fraction of sp³-hybridized carbons (Fsp3) is 0.325. The van der Waals surface area contributed by atoms with E-state index in [-0.39, 0.29) is 18.5 Å². The van der Waals surface area contributed by atoms with E-state index in [2.05, 4.69) is 38.2 Å². The molecule has 0 spiro atoms. The molecule has 0 bridgehead atoms. The van der Waals surface area contributed by atoms with E-state index in [1.807, 2.05) is 91.9 Å². The van der Waals surface area contributed by atoms with Gasteiger partial charge in [-0.3, -0.25) is 4.79 Å². The first-order valence-electron chi connectivity index (χ1n) is 16.6. The van der Waals surface area contributed by atoms with Crippen LogP contribution in [0, 0.1) is 0 Å². The molecule has 4 aromatic carbocycles. The summed E-state index contributed by atoms with van der Waals surface area (Å²) < 4.78 is 16.8. The smallest absolute Gasteiger partial charge is 0.419 e. The molecule has 1 heterocycles. The second kappa shape index (κ2) is 15.7. The van der Waals surface area contributed by atoms with Crippen LogP contribution in [0.1, 0.15) is 68.7 Å². The van der Waals surface area contributed by atoms with Gasteiger partial charge in [-0.25, -0.2) is 9.59 Å². The van der Waals surface area contributed by atoms with Crippen molar-refractivity contribution in [1.82, 2.24) is 10.2 Å². The predicted octanol–water partition coefficient (Wildman–Crippen LogP) is 8.77. The molecule has 1 N–H and O–H groups in total. The molecule has 8 nitrogen and oxygen atoms in total. The summed E-state index contributed by atoms with van der Waals surface area (Å²) in [6.45, 7) is 9.42. The minimum absolute atomic E-state index is 0.0518. The van der Waals surface area contributed by atoms with Gasteiger partial charge >= 0.3 is 18.2 Å². The fourth-order valence-electron chi connectivity index (χ4n) is 5.57. The van der Waals surface area contributed by atoms with Crippen molar-refractivity contribution in [2.75, 3.05) is 19.7 Å². The quantitative estimate of drug-likeness (QED) is 0.105. The van der Waals surface area contributed by atoms with Crippen molar-refractivity contribution in [2.45, 2.75) is 64.8 Å². The normalized spacial score (nSPS) is 13.2. The van der Waals surface area contributed by atoms with E-state index >= 15 is 0 Å². The monoisotopic (exact) mass is 648 g/mol. The van der Waals surface area contributed by atoms with E-state index in [1.165, 1.54) is 10.5 Å². The third-order valence-electron chi connectivity index (χ3n) is 8.48. The number of fused-ring (bicyclic) bond motifs is 1. The van der Waals surface area contributed by atoms with Gasteiger partial charge in [0.2, 0.25) is 0 Å². The Kier molecular flexibility index (Phi) is 11.2. The summed E-state index contributed by atoms with van der Waals surface area (Å²) in [6, 6.07) is 31.4.